The molecule has 0 N–H and O–H groups in total. The van der Waals surface area contributed by atoms with Crippen molar-refractivity contribution in [2.45, 2.75) is 26.4 Å². The second-order valence-electron chi connectivity index (χ2n) is 2.39. The van der Waals surface area contributed by atoms with Gasteiger partial charge in [-0.3, -0.25) is 9.36 Å². The Labute approximate surface area is 83.9 Å². The largest absolute Gasteiger partial charge is 0.341 e. The quantitative estimate of drug-likeness (QED) is 0.556. The van der Waals surface area contributed by atoms with Crippen molar-refractivity contribution in [1.29, 1.82) is 0 Å². The van der Waals surface area contributed by atoms with Gasteiger partial charge < -0.3 is 9.05 Å². The predicted molar refractivity (Wildman–Crippen MR) is 54.3 cm³/mol. The fourth-order valence-corrected chi connectivity index (χ4v) is 2.69. The van der Waals surface area contributed by atoms with E-state index in [-0.39, 0.29) is 13.2 Å². The number of carbonyl (C=O) groups excluding carboxylic acids is 1. The first kappa shape index (κ1) is 13.2. The van der Waals surface area contributed by atoms with E-state index in [4.69, 9.17) is 9.05 Å². The second kappa shape index (κ2) is 5.81. The van der Waals surface area contributed by atoms with Gasteiger partial charge in [0.1, 0.15) is 5.66 Å². The zero-order valence-corrected chi connectivity index (χ0v) is 9.81. The highest BCUT2D eigenvalue weighted by molar-refractivity contribution is 7.97. The summed E-state index contributed by atoms with van der Waals surface area (Å²) >= 11 is 3.60. The van der Waals surface area contributed by atoms with Crippen LogP contribution >= 0.6 is 20.2 Å². The molecular formula is C7H15O4PS. The van der Waals surface area contributed by atoms with Gasteiger partial charge in [-0.1, -0.05) is 0 Å². The van der Waals surface area contributed by atoms with Gasteiger partial charge in [0, 0.05) is 0 Å². The van der Waals surface area contributed by atoms with Gasteiger partial charge in [0.05, 0.1) is 13.2 Å². The van der Waals surface area contributed by atoms with E-state index in [2.05, 4.69) is 12.6 Å². The summed E-state index contributed by atoms with van der Waals surface area (Å²) in [6, 6.07) is 0. The van der Waals surface area contributed by atoms with Gasteiger partial charge in [0.15, 0.2) is 0 Å². The third kappa shape index (κ3) is 3.81. The van der Waals surface area contributed by atoms with Crippen LogP contribution in [0.1, 0.15) is 20.8 Å². The van der Waals surface area contributed by atoms with Crippen LogP contribution in [0.15, 0.2) is 0 Å². The lowest BCUT2D eigenvalue weighted by atomic mass is 10.5. The topological polar surface area (TPSA) is 52.6 Å². The maximum atomic E-state index is 11.8. The van der Waals surface area contributed by atoms with E-state index in [0.717, 1.165) is 0 Å². The van der Waals surface area contributed by atoms with Crippen LogP contribution in [0.5, 0.6) is 0 Å². The Morgan fingerprint density at radius 1 is 1.38 bits per heavy atom. The lowest BCUT2D eigenvalue weighted by Crippen LogP contribution is -2.15. The molecule has 0 saturated heterocycles. The normalized spacial score (nSPS) is 14.2. The monoisotopic (exact) mass is 226 g/mol. The van der Waals surface area contributed by atoms with Crippen molar-refractivity contribution in [2.75, 3.05) is 13.2 Å². The maximum absolute atomic E-state index is 11.8. The van der Waals surface area contributed by atoms with Crippen LogP contribution in [-0.4, -0.2) is 24.0 Å². The molecule has 0 radical (unpaired) electrons. The molecule has 13 heavy (non-hydrogen) atoms. The summed E-state index contributed by atoms with van der Waals surface area (Å²) in [5, 5.41) is -0.481. The molecule has 0 aliphatic heterocycles. The zero-order valence-electron chi connectivity index (χ0n) is 8.02. The van der Waals surface area contributed by atoms with E-state index in [1.807, 2.05) is 0 Å². The van der Waals surface area contributed by atoms with E-state index >= 15 is 0 Å². The van der Waals surface area contributed by atoms with Gasteiger partial charge in [0.25, 0.3) is 0 Å². The van der Waals surface area contributed by atoms with E-state index < -0.39 is 18.4 Å². The minimum absolute atomic E-state index is 0.253. The third-order valence-corrected chi connectivity index (χ3v) is 4.46. The Kier molecular flexibility index (Phi) is 5.88. The van der Waals surface area contributed by atoms with Gasteiger partial charge in [-0.05, 0) is 20.8 Å². The van der Waals surface area contributed by atoms with E-state index in [0.29, 0.717) is 0 Å². The van der Waals surface area contributed by atoms with Crippen molar-refractivity contribution >= 4 is 25.3 Å². The SMILES string of the molecule is CCOP(=O)(OCC)C(C)C(=O)S. The molecule has 78 valence electrons. The summed E-state index contributed by atoms with van der Waals surface area (Å²) in [5.74, 6) is 0. The van der Waals surface area contributed by atoms with Crippen LogP contribution in [0.25, 0.3) is 0 Å². The summed E-state index contributed by atoms with van der Waals surface area (Å²) in [4.78, 5) is 10.9. The summed E-state index contributed by atoms with van der Waals surface area (Å²) in [7, 11) is -3.29. The van der Waals surface area contributed by atoms with Crippen LogP contribution in [0, 0.1) is 0 Å². The minimum Gasteiger partial charge on any atom is -0.308 e. The molecule has 1 unspecified atom stereocenters. The molecule has 0 aromatic rings. The first-order chi connectivity index (χ1) is 5.98. The summed E-state index contributed by atoms with van der Waals surface area (Å²) in [6.45, 7) is 5.38. The van der Waals surface area contributed by atoms with Gasteiger partial charge in [-0.2, -0.15) is 0 Å². The molecule has 0 amide bonds. The van der Waals surface area contributed by atoms with Crippen molar-refractivity contribution < 1.29 is 18.4 Å². The van der Waals surface area contributed by atoms with Gasteiger partial charge in [-0.15, -0.1) is 12.6 Å². The molecule has 0 bridgehead atoms. The fourth-order valence-electron chi connectivity index (χ4n) is 0.756. The van der Waals surface area contributed by atoms with Crippen LogP contribution in [-0.2, 0) is 18.4 Å². The second-order valence-corrected chi connectivity index (χ2v) is 5.20. The minimum atomic E-state index is -3.29. The van der Waals surface area contributed by atoms with Crippen molar-refractivity contribution in [1.82, 2.24) is 0 Å². The number of thiol groups is 1. The van der Waals surface area contributed by atoms with Crippen LogP contribution in [0.2, 0.25) is 0 Å². The van der Waals surface area contributed by atoms with E-state index in [1.54, 1.807) is 13.8 Å². The standard InChI is InChI=1S/C7H15O4PS/c1-4-10-12(9,11-5-2)6(3)7(8)13/h6H,4-5H2,1-3H3,(H,8,13). The maximum Gasteiger partial charge on any atom is 0.341 e. The first-order valence-corrected chi connectivity index (χ1v) is 6.15. The molecule has 1 atom stereocenters. The van der Waals surface area contributed by atoms with Crippen molar-refractivity contribution in [2.24, 2.45) is 0 Å². The average Bonchev–Trinajstić information content (AvgIpc) is 2.03. The Morgan fingerprint density at radius 3 is 2.00 bits per heavy atom. The van der Waals surface area contributed by atoms with E-state index in [1.165, 1.54) is 6.92 Å². The van der Waals surface area contributed by atoms with Crippen LogP contribution in [0.4, 0.5) is 0 Å². The molecule has 0 aromatic carbocycles. The molecule has 6 heteroatoms. The van der Waals surface area contributed by atoms with E-state index in [9.17, 15) is 9.36 Å². The van der Waals surface area contributed by atoms with Crippen molar-refractivity contribution in [3.8, 4) is 0 Å². The lowest BCUT2D eigenvalue weighted by Gasteiger charge is -2.20. The number of hydrogen-bond acceptors (Lipinski definition) is 4. The first-order valence-electron chi connectivity index (χ1n) is 4.09. The van der Waals surface area contributed by atoms with Gasteiger partial charge >= 0.3 is 7.60 Å². The molecule has 0 aliphatic rings. The fraction of sp³-hybridized carbons (Fsp3) is 0.857. The summed E-state index contributed by atoms with van der Waals surface area (Å²) in [5.41, 5.74) is -0.810. The Morgan fingerprint density at radius 2 is 1.77 bits per heavy atom. The predicted octanol–water partition coefficient (Wildman–Crippen LogP) is 2.10. The molecule has 0 fully saturated rings. The Bertz CT molecular complexity index is 209. The lowest BCUT2D eigenvalue weighted by molar-refractivity contribution is -0.110. The zero-order chi connectivity index (χ0) is 10.5. The third-order valence-electron chi connectivity index (χ3n) is 1.45. The van der Waals surface area contributed by atoms with Crippen LogP contribution < -0.4 is 0 Å². The molecular weight excluding hydrogens is 211 g/mol. The Balaban J connectivity index is 4.57. The van der Waals surface area contributed by atoms with Gasteiger partial charge in [-0.25, -0.2) is 0 Å². The van der Waals surface area contributed by atoms with Crippen molar-refractivity contribution in [3.05, 3.63) is 0 Å². The smallest absolute Gasteiger partial charge is 0.308 e. The molecule has 0 rings (SSSR count). The summed E-state index contributed by atoms with van der Waals surface area (Å²) < 4.78 is 21.8. The molecule has 0 spiro atoms. The number of hydrogen-bond donors (Lipinski definition) is 1. The highest BCUT2D eigenvalue weighted by Crippen LogP contribution is 2.53. The number of carbonyl (C=O) groups is 1. The average molecular weight is 226 g/mol. The summed E-state index contributed by atoms with van der Waals surface area (Å²) in [6.07, 6.45) is 0. The highest BCUT2D eigenvalue weighted by atomic mass is 32.1. The molecule has 4 nitrogen and oxygen atoms in total. The molecule has 0 aromatic heterocycles. The van der Waals surface area contributed by atoms with Crippen LogP contribution in [0.3, 0.4) is 0 Å². The molecule has 0 aliphatic carbocycles. The number of rotatable bonds is 6. The van der Waals surface area contributed by atoms with Gasteiger partial charge in [0.2, 0.25) is 5.12 Å². The van der Waals surface area contributed by atoms with Crippen molar-refractivity contribution in [3.63, 3.8) is 0 Å². The molecule has 0 heterocycles. The highest BCUT2D eigenvalue weighted by Gasteiger charge is 2.35. The Hall–Kier alpha value is 0.170. The molecule has 0 saturated carbocycles.